The lowest BCUT2D eigenvalue weighted by Gasteiger charge is -2.13. The van der Waals surface area contributed by atoms with Gasteiger partial charge in [0.2, 0.25) is 6.29 Å². The molecule has 6 heteroatoms. The Balaban J connectivity index is 4.02. The number of carbonyl (C=O) groups excluding carboxylic acids is 1. The molecule has 0 aromatic carbocycles. The molecular formula is C8H14O5S. The Morgan fingerprint density at radius 2 is 2.36 bits per heavy atom. The number of esters is 1. The summed E-state index contributed by atoms with van der Waals surface area (Å²) in [6.45, 7) is 5.15. The molecular weight excluding hydrogens is 208 g/mol. The fraction of sp³-hybridized carbons (Fsp3) is 0.625. The third-order valence-electron chi connectivity index (χ3n) is 1.40. The number of carbonyl (C=O) groups is 1. The fourth-order valence-electron chi connectivity index (χ4n) is 0.767. The zero-order chi connectivity index (χ0) is 11.0. The van der Waals surface area contributed by atoms with Gasteiger partial charge in [-0.3, -0.25) is 4.55 Å². The summed E-state index contributed by atoms with van der Waals surface area (Å²) in [6.07, 6.45) is 2.01. The van der Waals surface area contributed by atoms with E-state index in [1.54, 1.807) is 0 Å². The predicted molar refractivity (Wildman–Crippen MR) is 51.5 cm³/mol. The molecule has 0 heterocycles. The highest BCUT2D eigenvalue weighted by atomic mass is 32.2. The molecule has 0 saturated carbocycles. The smallest absolute Gasteiger partial charge is 0.332 e. The van der Waals surface area contributed by atoms with Crippen LogP contribution < -0.4 is 0 Å². The number of unbranched alkanes of at least 4 members (excludes halogenated alkanes) is 1. The maximum absolute atomic E-state index is 10.8. The summed E-state index contributed by atoms with van der Waals surface area (Å²) in [5.41, 5.74) is 0. The van der Waals surface area contributed by atoms with Crippen molar-refractivity contribution in [3.63, 3.8) is 0 Å². The van der Waals surface area contributed by atoms with E-state index in [4.69, 9.17) is 4.55 Å². The molecule has 1 N–H and O–H groups in total. The molecule has 0 rings (SSSR count). The highest BCUT2D eigenvalue weighted by Gasteiger charge is 2.15. The topological polar surface area (TPSA) is 72.8 Å². The van der Waals surface area contributed by atoms with E-state index >= 15 is 0 Å². The summed E-state index contributed by atoms with van der Waals surface area (Å²) in [5.74, 6) is -0.670. The zero-order valence-corrected chi connectivity index (χ0v) is 8.79. The Kier molecular flexibility index (Phi) is 7.27. The van der Waals surface area contributed by atoms with E-state index in [2.05, 4.69) is 15.5 Å². The average molecular weight is 222 g/mol. The molecule has 0 spiro atoms. The summed E-state index contributed by atoms with van der Waals surface area (Å²) >= 11 is -2.43. The van der Waals surface area contributed by atoms with E-state index in [-0.39, 0.29) is 0 Å². The van der Waals surface area contributed by atoms with Gasteiger partial charge in [0.1, 0.15) is 0 Å². The van der Waals surface area contributed by atoms with Gasteiger partial charge in [0.25, 0.3) is 0 Å². The Morgan fingerprint density at radius 1 is 1.71 bits per heavy atom. The monoisotopic (exact) mass is 222 g/mol. The van der Waals surface area contributed by atoms with Crippen LogP contribution in [0.25, 0.3) is 0 Å². The molecule has 0 saturated heterocycles. The van der Waals surface area contributed by atoms with Crippen LogP contribution in [0.15, 0.2) is 12.7 Å². The van der Waals surface area contributed by atoms with Crippen molar-refractivity contribution in [2.45, 2.75) is 32.5 Å². The molecule has 0 radical (unpaired) electrons. The largest absolute Gasteiger partial charge is 0.431 e. The summed E-state index contributed by atoms with van der Waals surface area (Å²) in [5, 5.41) is 0. The van der Waals surface area contributed by atoms with Crippen LogP contribution in [0.3, 0.4) is 0 Å². The summed E-state index contributed by atoms with van der Waals surface area (Å²) in [4.78, 5) is 10.8. The van der Waals surface area contributed by atoms with E-state index in [1.165, 1.54) is 0 Å². The van der Waals surface area contributed by atoms with Crippen molar-refractivity contribution in [3.05, 3.63) is 12.7 Å². The Morgan fingerprint density at radius 3 is 2.79 bits per heavy atom. The minimum Gasteiger partial charge on any atom is -0.431 e. The predicted octanol–water partition coefficient (Wildman–Crippen LogP) is 1.39. The van der Waals surface area contributed by atoms with Gasteiger partial charge < -0.3 is 4.74 Å². The van der Waals surface area contributed by atoms with Crippen molar-refractivity contribution >= 4 is 17.3 Å². The zero-order valence-electron chi connectivity index (χ0n) is 7.97. The van der Waals surface area contributed by atoms with Gasteiger partial charge in [-0.1, -0.05) is 19.9 Å². The second kappa shape index (κ2) is 7.66. The van der Waals surface area contributed by atoms with E-state index in [0.29, 0.717) is 6.42 Å². The average Bonchev–Trinajstić information content (AvgIpc) is 2.13. The minimum absolute atomic E-state index is 0.391. The minimum atomic E-state index is -2.43. The molecule has 0 aliphatic heterocycles. The molecule has 14 heavy (non-hydrogen) atoms. The second-order valence-corrected chi connectivity index (χ2v) is 3.15. The molecule has 0 aromatic rings. The van der Waals surface area contributed by atoms with Crippen LogP contribution in [0.2, 0.25) is 0 Å². The lowest BCUT2D eigenvalue weighted by Crippen LogP contribution is -2.21. The molecule has 0 fully saturated rings. The van der Waals surface area contributed by atoms with Gasteiger partial charge in [0, 0.05) is 12.5 Å². The van der Waals surface area contributed by atoms with Crippen molar-refractivity contribution in [2.75, 3.05) is 0 Å². The van der Waals surface area contributed by atoms with Gasteiger partial charge in [0.15, 0.2) is 0 Å². The maximum atomic E-state index is 10.8. The van der Waals surface area contributed by atoms with Gasteiger partial charge in [0.05, 0.1) is 0 Å². The van der Waals surface area contributed by atoms with Crippen molar-refractivity contribution in [2.24, 2.45) is 0 Å². The molecule has 0 aliphatic rings. The van der Waals surface area contributed by atoms with Crippen molar-refractivity contribution < 1.29 is 22.5 Å². The highest BCUT2D eigenvalue weighted by molar-refractivity contribution is 7.74. The molecule has 0 aliphatic carbocycles. The molecule has 82 valence electrons. The first-order chi connectivity index (χ1) is 6.60. The summed E-state index contributed by atoms with van der Waals surface area (Å²) < 4.78 is 27.9. The van der Waals surface area contributed by atoms with Gasteiger partial charge in [-0.2, -0.15) is 4.21 Å². The maximum Gasteiger partial charge on any atom is 0.332 e. The van der Waals surface area contributed by atoms with Crippen LogP contribution in [0.4, 0.5) is 0 Å². The number of hydrogen-bond donors (Lipinski definition) is 1. The summed E-state index contributed by atoms with van der Waals surface area (Å²) in [6, 6.07) is 0. The van der Waals surface area contributed by atoms with Crippen LogP contribution in [0, 0.1) is 0 Å². The van der Waals surface area contributed by atoms with E-state index in [9.17, 15) is 9.00 Å². The van der Waals surface area contributed by atoms with Crippen LogP contribution >= 0.6 is 0 Å². The standard InChI is InChI=1S/C8H14O5S/c1-3-5-6-8(13-14(10)11)12-7(9)4-2/h4,8H,2-3,5-6H2,1H3,(H,10,11). The molecule has 0 bridgehead atoms. The molecule has 0 amide bonds. The van der Waals surface area contributed by atoms with E-state index < -0.39 is 23.6 Å². The normalized spacial score (nSPS) is 14.4. The van der Waals surface area contributed by atoms with Crippen LogP contribution in [-0.4, -0.2) is 21.0 Å². The SMILES string of the molecule is C=CC(=O)OC(CCCC)OS(=O)O. The van der Waals surface area contributed by atoms with Crippen LogP contribution in [-0.2, 0) is 25.1 Å². The quantitative estimate of drug-likeness (QED) is 0.305. The van der Waals surface area contributed by atoms with Crippen molar-refractivity contribution in [1.29, 1.82) is 0 Å². The highest BCUT2D eigenvalue weighted by Crippen LogP contribution is 2.08. The number of rotatable bonds is 7. The first-order valence-electron chi connectivity index (χ1n) is 4.21. The Bertz CT molecular complexity index is 216. The van der Waals surface area contributed by atoms with E-state index in [1.807, 2.05) is 6.92 Å². The van der Waals surface area contributed by atoms with Gasteiger partial charge in [-0.05, 0) is 6.42 Å². The third kappa shape index (κ3) is 6.76. The van der Waals surface area contributed by atoms with Gasteiger partial charge in [-0.25, -0.2) is 8.98 Å². The van der Waals surface area contributed by atoms with Crippen LogP contribution in [0.5, 0.6) is 0 Å². The Labute approximate surface area is 85.6 Å². The Hall–Kier alpha value is -0.720. The molecule has 2 atom stereocenters. The van der Waals surface area contributed by atoms with E-state index in [0.717, 1.165) is 18.9 Å². The second-order valence-electron chi connectivity index (χ2n) is 2.53. The summed E-state index contributed by atoms with van der Waals surface area (Å²) in [7, 11) is 0. The molecule has 0 aromatic heterocycles. The van der Waals surface area contributed by atoms with Crippen LogP contribution in [0.1, 0.15) is 26.2 Å². The lowest BCUT2D eigenvalue weighted by molar-refractivity contribution is -0.157. The molecule has 2 unspecified atom stereocenters. The number of hydrogen-bond acceptors (Lipinski definition) is 4. The first kappa shape index (κ1) is 13.3. The van der Waals surface area contributed by atoms with Crippen molar-refractivity contribution in [1.82, 2.24) is 0 Å². The first-order valence-corrected chi connectivity index (χ1v) is 5.24. The molecule has 5 nitrogen and oxygen atoms in total. The lowest BCUT2D eigenvalue weighted by atomic mass is 10.2. The van der Waals surface area contributed by atoms with Crippen molar-refractivity contribution in [3.8, 4) is 0 Å². The van der Waals surface area contributed by atoms with Gasteiger partial charge in [-0.15, -0.1) is 0 Å². The fourth-order valence-corrected chi connectivity index (χ4v) is 1.09. The van der Waals surface area contributed by atoms with Gasteiger partial charge >= 0.3 is 17.3 Å². The number of ether oxygens (including phenoxy) is 1. The third-order valence-corrected chi connectivity index (χ3v) is 1.78.